The Bertz CT molecular complexity index is 503. The molecule has 17 heavy (non-hydrogen) atoms. The molecule has 0 aliphatic heterocycles. The number of carbonyl (C=O) groups excluding carboxylic acids is 1. The van der Waals surface area contributed by atoms with E-state index in [0.717, 1.165) is 24.8 Å². The van der Waals surface area contributed by atoms with Crippen molar-refractivity contribution in [3.05, 3.63) is 39.9 Å². The molecule has 4 rings (SSSR count). The fourth-order valence-electron chi connectivity index (χ4n) is 3.24. The van der Waals surface area contributed by atoms with Crippen LogP contribution in [-0.2, 0) is 10.2 Å². The van der Waals surface area contributed by atoms with Crippen molar-refractivity contribution >= 4 is 22.5 Å². The topological polar surface area (TPSA) is 60.2 Å². The van der Waals surface area contributed by atoms with Crippen LogP contribution in [0.15, 0.2) is 24.3 Å². The summed E-state index contributed by atoms with van der Waals surface area (Å²) in [6, 6.07) is 6.62. The first kappa shape index (κ1) is 10.7. The van der Waals surface area contributed by atoms with Crippen LogP contribution >= 0.6 is 11.6 Å². The molecule has 1 aromatic rings. The zero-order chi connectivity index (χ0) is 12.3. The predicted octanol–water partition coefficient (Wildman–Crippen LogP) is 2.78. The van der Waals surface area contributed by atoms with E-state index in [9.17, 15) is 14.9 Å². The molecule has 3 aliphatic rings. The van der Waals surface area contributed by atoms with Crippen molar-refractivity contribution in [2.75, 3.05) is 0 Å². The van der Waals surface area contributed by atoms with Crippen molar-refractivity contribution in [2.24, 2.45) is 5.41 Å². The summed E-state index contributed by atoms with van der Waals surface area (Å²) in [5.74, 6) is 0. The van der Waals surface area contributed by atoms with Crippen molar-refractivity contribution in [1.29, 1.82) is 0 Å². The highest BCUT2D eigenvalue weighted by Gasteiger charge is 2.71. The van der Waals surface area contributed by atoms with E-state index in [0.29, 0.717) is 0 Å². The summed E-state index contributed by atoms with van der Waals surface area (Å²) < 4.78 is 0. The number of benzene rings is 1. The summed E-state index contributed by atoms with van der Waals surface area (Å²) in [6.07, 6.45) is 2.38. The molecule has 4 nitrogen and oxygen atoms in total. The zero-order valence-corrected chi connectivity index (χ0v) is 9.74. The molecule has 0 atom stereocenters. The molecular formula is C12H10ClNO3. The number of hydrogen-bond donors (Lipinski definition) is 0. The van der Waals surface area contributed by atoms with Crippen LogP contribution in [-0.4, -0.2) is 10.2 Å². The van der Waals surface area contributed by atoms with Gasteiger partial charge in [-0.05, 0) is 41.8 Å². The second-order valence-corrected chi connectivity index (χ2v) is 5.51. The van der Waals surface area contributed by atoms with Crippen LogP contribution in [0.3, 0.4) is 0 Å². The predicted molar refractivity (Wildman–Crippen MR) is 61.9 cm³/mol. The average Bonchev–Trinajstić information content (AvgIpc) is 2.13. The van der Waals surface area contributed by atoms with Crippen molar-refractivity contribution in [3.63, 3.8) is 0 Å². The highest BCUT2D eigenvalue weighted by atomic mass is 35.5. The lowest BCUT2D eigenvalue weighted by Gasteiger charge is -2.69. The molecule has 3 saturated carbocycles. The van der Waals surface area contributed by atoms with Gasteiger partial charge in [-0.15, -0.1) is 0 Å². The van der Waals surface area contributed by atoms with E-state index in [-0.39, 0.29) is 21.8 Å². The number of hydrogen-bond acceptors (Lipinski definition) is 3. The van der Waals surface area contributed by atoms with Gasteiger partial charge in [-0.2, -0.15) is 0 Å². The Hall–Kier alpha value is -1.42. The first-order valence-corrected chi connectivity index (χ1v) is 5.80. The number of halogens is 1. The van der Waals surface area contributed by atoms with E-state index in [2.05, 4.69) is 0 Å². The number of non-ortho nitro benzene ring substituents is 1. The van der Waals surface area contributed by atoms with E-state index in [4.69, 9.17) is 11.6 Å². The summed E-state index contributed by atoms with van der Waals surface area (Å²) >= 11 is 5.55. The molecule has 0 heterocycles. The number of carbonyl (C=O) groups is 1. The Labute approximate surface area is 103 Å². The summed E-state index contributed by atoms with van der Waals surface area (Å²) in [4.78, 5) is 21.3. The highest BCUT2D eigenvalue weighted by Crippen LogP contribution is 2.74. The summed E-state index contributed by atoms with van der Waals surface area (Å²) in [5.41, 5.74) is 0.953. The third-order valence-electron chi connectivity index (χ3n) is 4.14. The largest absolute Gasteiger partial charge is 0.281 e. The zero-order valence-electron chi connectivity index (χ0n) is 8.98. The van der Waals surface area contributed by atoms with E-state index >= 15 is 0 Å². The fourth-order valence-corrected chi connectivity index (χ4v) is 3.44. The monoisotopic (exact) mass is 251 g/mol. The molecule has 0 aromatic heterocycles. The van der Waals surface area contributed by atoms with Gasteiger partial charge in [-0.1, -0.05) is 12.1 Å². The quantitative estimate of drug-likeness (QED) is 0.471. The maximum atomic E-state index is 11.2. The van der Waals surface area contributed by atoms with Crippen LogP contribution in [0.1, 0.15) is 24.8 Å². The fraction of sp³-hybridized carbons (Fsp3) is 0.417. The van der Waals surface area contributed by atoms with E-state index < -0.39 is 4.92 Å². The van der Waals surface area contributed by atoms with Crippen LogP contribution in [0, 0.1) is 15.5 Å². The summed E-state index contributed by atoms with van der Waals surface area (Å²) in [6.45, 7) is 0. The molecular weight excluding hydrogens is 242 g/mol. The van der Waals surface area contributed by atoms with Crippen molar-refractivity contribution < 1.29 is 9.72 Å². The minimum absolute atomic E-state index is 0.0552. The molecule has 88 valence electrons. The third kappa shape index (κ3) is 1.27. The van der Waals surface area contributed by atoms with Crippen LogP contribution in [0.5, 0.6) is 0 Å². The van der Waals surface area contributed by atoms with Gasteiger partial charge >= 0.3 is 0 Å². The number of rotatable bonds is 3. The van der Waals surface area contributed by atoms with Gasteiger partial charge in [0.1, 0.15) is 0 Å². The van der Waals surface area contributed by atoms with Gasteiger partial charge in [0.25, 0.3) is 5.69 Å². The maximum Gasteiger partial charge on any atom is 0.269 e. The Morgan fingerprint density at radius 3 is 2.18 bits per heavy atom. The first-order valence-electron chi connectivity index (χ1n) is 5.42. The van der Waals surface area contributed by atoms with Gasteiger partial charge in [-0.3, -0.25) is 14.9 Å². The van der Waals surface area contributed by atoms with Crippen molar-refractivity contribution in [1.82, 2.24) is 0 Å². The molecule has 1 aromatic carbocycles. The van der Waals surface area contributed by atoms with Crippen LogP contribution < -0.4 is 0 Å². The molecule has 3 aliphatic carbocycles. The Morgan fingerprint density at radius 1 is 1.24 bits per heavy atom. The molecule has 0 saturated heterocycles. The number of nitro benzene ring substituents is 1. The molecule has 0 N–H and O–H groups in total. The Kier molecular flexibility index (Phi) is 1.94. The number of nitro groups is 1. The standard InChI is InChI=1S/C12H10ClNO3/c13-10(15)12-5-11(6-12,7-12)8-1-3-9(4-2-8)14(16)17/h1-4H,5-7H2. The maximum absolute atomic E-state index is 11.2. The third-order valence-corrected chi connectivity index (χ3v) is 4.54. The lowest BCUT2D eigenvalue weighted by Crippen LogP contribution is -2.67. The lowest BCUT2D eigenvalue weighted by molar-refractivity contribution is -0.384. The van der Waals surface area contributed by atoms with Gasteiger partial charge in [0.05, 0.1) is 4.92 Å². The van der Waals surface area contributed by atoms with Crippen LogP contribution in [0.2, 0.25) is 0 Å². The highest BCUT2D eigenvalue weighted by molar-refractivity contribution is 6.65. The second-order valence-electron chi connectivity index (χ2n) is 5.17. The van der Waals surface area contributed by atoms with Gasteiger partial charge < -0.3 is 0 Å². The minimum atomic E-state index is -0.407. The van der Waals surface area contributed by atoms with Crippen LogP contribution in [0.25, 0.3) is 0 Å². The SMILES string of the molecule is O=C(Cl)C12CC(c3ccc([N+](=O)[O-])cc3)(C1)C2. The molecule has 0 amide bonds. The molecule has 0 radical (unpaired) electrons. The Balaban J connectivity index is 1.80. The van der Waals surface area contributed by atoms with Gasteiger partial charge in [0.15, 0.2) is 0 Å². The van der Waals surface area contributed by atoms with Gasteiger partial charge in [0.2, 0.25) is 5.24 Å². The van der Waals surface area contributed by atoms with Crippen molar-refractivity contribution in [2.45, 2.75) is 24.7 Å². The minimum Gasteiger partial charge on any atom is -0.281 e. The molecule has 0 spiro atoms. The van der Waals surface area contributed by atoms with Crippen molar-refractivity contribution in [3.8, 4) is 0 Å². The Morgan fingerprint density at radius 2 is 1.76 bits per heavy atom. The molecule has 0 unspecified atom stereocenters. The smallest absolute Gasteiger partial charge is 0.269 e. The van der Waals surface area contributed by atoms with Gasteiger partial charge in [0, 0.05) is 17.5 Å². The number of nitrogens with zero attached hydrogens (tertiary/aromatic N) is 1. The van der Waals surface area contributed by atoms with E-state index in [1.165, 1.54) is 12.1 Å². The summed E-state index contributed by atoms with van der Waals surface area (Å²) in [7, 11) is 0. The lowest BCUT2D eigenvalue weighted by atomic mass is 9.34. The average molecular weight is 252 g/mol. The second kappa shape index (κ2) is 3.07. The molecule has 2 bridgehead atoms. The first-order chi connectivity index (χ1) is 7.97. The van der Waals surface area contributed by atoms with Crippen LogP contribution in [0.4, 0.5) is 5.69 Å². The molecule has 3 fully saturated rings. The summed E-state index contributed by atoms with van der Waals surface area (Å²) in [5, 5.41) is 10.3. The van der Waals surface area contributed by atoms with E-state index in [1.807, 2.05) is 0 Å². The van der Waals surface area contributed by atoms with E-state index in [1.54, 1.807) is 12.1 Å². The normalized spacial score (nSPS) is 33.5. The molecule has 5 heteroatoms. The van der Waals surface area contributed by atoms with Gasteiger partial charge in [-0.25, -0.2) is 0 Å².